The minimum Gasteiger partial charge on any atom is -0.454 e. The normalized spacial score (nSPS) is 25.3. The first-order chi connectivity index (χ1) is 12.6. The topological polar surface area (TPSA) is 82.1 Å². The van der Waals surface area contributed by atoms with Gasteiger partial charge in [0.15, 0.2) is 12.4 Å². The van der Waals surface area contributed by atoms with Crippen molar-refractivity contribution in [2.75, 3.05) is 6.61 Å². The number of carbonyl (C=O) groups is 2. The summed E-state index contributed by atoms with van der Waals surface area (Å²) in [5, 5.41) is 10.1. The first kappa shape index (κ1) is 18.1. The fraction of sp³-hybridized carbons (Fsp3) is 0.300. The molecule has 0 saturated carbocycles. The van der Waals surface area contributed by atoms with Crippen LogP contribution in [0, 0.1) is 5.92 Å². The highest BCUT2D eigenvalue weighted by Crippen LogP contribution is 2.26. The average Bonchev–Trinajstić information content (AvgIpc) is 2.68. The second kappa shape index (κ2) is 8.12. The van der Waals surface area contributed by atoms with Crippen LogP contribution in [0.5, 0.6) is 0 Å². The molecule has 6 nitrogen and oxygen atoms in total. The standard InChI is InChI=1S/C20H20O6/c1-13-12-24-20(23)17(26-19(22)15-10-6-3-7-11-15)16(13)25-18(21)14-8-4-2-5-9-14/h2-11,13,16-17,20,23H,12H2,1H3/t13-,16+,17?,20+/m0/s1. The maximum atomic E-state index is 12.4. The fourth-order valence-corrected chi connectivity index (χ4v) is 2.77. The van der Waals surface area contributed by atoms with Crippen molar-refractivity contribution in [2.24, 2.45) is 5.92 Å². The zero-order chi connectivity index (χ0) is 18.5. The van der Waals surface area contributed by atoms with E-state index in [4.69, 9.17) is 14.2 Å². The Morgan fingerprint density at radius 1 is 0.885 bits per heavy atom. The lowest BCUT2D eigenvalue weighted by molar-refractivity contribution is -0.236. The lowest BCUT2D eigenvalue weighted by Gasteiger charge is -2.38. The number of esters is 2. The second-order valence-electron chi connectivity index (χ2n) is 6.17. The third-order valence-corrected chi connectivity index (χ3v) is 4.20. The molecule has 0 radical (unpaired) electrons. The van der Waals surface area contributed by atoms with Gasteiger partial charge in [-0.2, -0.15) is 0 Å². The van der Waals surface area contributed by atoms with E-state index < -0.39 is 30.4 Å². The van der Waals surface area contributed by atoms with Crippen LogP contribution in [0.2, 0.25) is 0 Å². The number of aliphatic hydroxyl groups excluding tert-OH is 1. The van der Waals surface area contributed by atoms with E-state index in [1.54, 1.807) is 67.6 Å². The lowest BCUT2D eigenvalue weighted by Crippen LogP contribution is -2.53. The Bertz CT molecular complexity index is 680. The Balaban J connectivity index is 1.76. The van der Waals surface area contributed by atoms with Crippen molar-refractivity contribution >= 4 is 11.9 Å². The number of rotatable bonds is 4. The predicted molar refractivity (Wildman–Crippen MR) is 92.4 cm³/mol. The van der Waals surface area contributed by atoms with Gasteiger partial charge in [0.1, 0.15) is 6.10 Å². The maximum absolute atomic E-state index is 12.4. The molecule has 2 aromatic carbocycles. The number of ether oxygens (including phenoxy) is 3. The highest BCUT2D eigenvalue weighted by atomic mass is 16.7. The number of carbonyl (C=O) groups excluding carboxylic acids is 2. The van der Waals surface area contributed by atoms with E-state index in [2.05, 4.69) is 0 Å². The van der Waals surface area contributed by atoms with E-state index in [0.717, 1.165) is 0 Å². The molecule has 2 aromatic rings. The van der Waals surface area contributed by atoms with Crippen molar-refractivity contribution in [3.05, 3.63) is 71.8 Å². The maximum Gasteiger partial charge on any atom is 0.338 e. The molecule has 1 unspecified atom stereocenters. The number of hydrogen-bond donors (Lipinski definition) is 1. The number of aliphatic hydroxyl groups is 1. The molecule has 6 heteroatoms. The number of benzene rings is 2. The summed E-state index contributed by atoms with van der Waals surface area (Å²) >= 11 is 0. The molecule has 3 rings (SSSR count). The molecule has 0 spiro atoms. The zero-order valence-corrected chi connectivity index (χ0v) is 14.3. The van der Waals surface area contributed by atoms with Gasteiger partial charge in [-0.1, -0.05) is 43.3 Å². The van der Waals surface area contributed by atoms with Gasteiger partial charge in [0, 0.05) is 5.92 Å². The summed E-state index contributed by atoms with van der Waals surface area (Å²) in [4.78, 5) is 24.7. The van der Waals surface area contributed by atoms with E-state index in [0.29, 0.717) is 11.1 Å². The Labute approximate surface area is 151 Å². The zero-order valence-electron chi connectivity index (χ0n) is 14.3. The Morgan fingerprint density at radius 2 is 1.35 bits per heavy atom. The van der Waals surface area contributed by atoms with Gasteiger partial charge >= 0.3 is 11.9 Å². The van der Waals surface area contributed by atoms with Crippen molar-refractivity contribution in [1.82, 2.24) is 0 Å². The summed E-state index contributed by atoms with van der Waals surface area (Å²) in [6, 6.07) is 16.9. The van der Waals surface area contributed by atoms with E-state index in [1.165, 1.54) is 0 Å². The van der Waals surface area contributed by atoms with Crippen LogP contribution in [0.15, 0.2) is 60.7 Å². The van der Waals surface area contributed by atoms with Gasteiger partial charge in [0.25, 0.3) is 0 Å². The molecule has 26 heavy (non-hydrogen) atoms. The molecular formula is C20H20O6. The summed E-state index contributed by atoms with van der Waals surface area (Å²) in [6.45, 7) is 1.99. The predicted octanol–water partition coefficient (Wildman–Crippen LogP) is 2.42. The van der Waals surface area contributed by atoms with Crippen molar-refractivity contribution in [3.8, 4) is 0 Å². The van der Waals surface area contributed by atoms with Crippen LogP contribution in [-0.2, 0) is 14.2 Å². The van der Waals surface area contributed by atoms with E-state index >= 15 is 0 Å². The number of hydrogen-bond acceptors (Lipinski definition) is 6. The molecule has 0 aromatic heterocycles. The first-order valence-corrected chi connectivity index (χ1v) is 8.38. The second-order valence-corrected chi connectivity index (χ2v) is 6.17. The monoisotopic (exact) mass is 356 g/mol. The SMILES string of the molecule is C[C@H]1CO[C@@H](O)C(OC(=O)c2ccccc2)[C@@H]1OC(=O)c1ccccc1. The fourth-order valence-electron chi connectivity index (χ4n) is 2.77. The molecule has 4 atom stereocenters. The molecular weight excluding hydrogens is 336 g/mol. The van der Waals surface area contributed by atoms with Gasteiger partial charge in [-0.25, -0.2) is 9.59 Å². The average molecular weight is 356 g/mol. The summed E-state index contributed by atoms with van der Waals surface area (Å²) in [6.07, 6.45) is -3.30. The van der Waals surface area contributed by atoms with Crippen molar-refractivity contribution in [2.45, 2.75) is 25.4 Å². The smallest absolute Gasteiger partial charge is 0.338 e. The Morgan fingerprint density at radius 3 is 1.85 bits per heavy atom. The molecule has 1 aliphatic heterocycles. The van der Waals surface area contributed by atoms with Crippen LogP contribution < -0.4 is 0 Å². The first-order valence-electron chi connectivity index (χ1n) is 8.38. The largest absolute Gasteiger partial charge is 0.454 e. The van der Waals surface area contributed by atoms with Gasteiger partial charge in [-0.05, 0) is 24.3 Å². The lowest BCUT2D eigenvalue weighted by atomic mass is 9.97. The van der Waals surface area contributed by atoms with Gasteiger partial charge in [-0.3, -0.25) is 0 Å². The third kappa shape index (κ3) is 4.09. The van der Waals surface area contributed by atoms with Gasteiger partial charge in [0.05, 0.1) is 17.7 Å². The van der Waals surface area contributed by atoms with Crippen LogP contribution in [0.3, 0.4) is 0 Å². The van der Waals surface area contributed by atoms with Crippen LogP contribution in [0.1, 0.15) is 27.6 Å². The molecule has 1 heterocycles. The summed E-state index contributed by atoms with van der Waals surface area (Å²) in [5.74, 6) is -1.41. The van der Waals surface area contributed by atoms with Crippen molar-refractivity contribution in [3.63, 3.8) is 0 Å². The van der Waals surface area contributed by atoms with E-state index in [-0.39, 0.29) is 12.5 Å². The molecule has 1 aliphatic rings. The van der Waals surface area contributed by atoms with Crippen molar-refractivity contribution in [1.29, 1.82) is 0 Å². The van der Waals surface area contributed by atoms with Crippen LogP contribution in [-0.4, -0.2) is 42.1 Å². The highest BCUT2D eigenvalue weighted by Gasteiger charge is 2.43. The quantitative estimate of drug-likeness (QED) is 0.848. The minimum absolute atomic E-state index is 0.188. The van der Waals surface area contributed by atoms with Crippen molar-refractivity contribution < 1.29 is 28.9 Å². The minimum atomic E-state index is -1.37. The Hall–Kier alpha value is -2.70. The van der Waals surface area contributed by atoms with Crippen LogP contribution in [0.25, 0.3) is 0 Å². The molecule has 1 N–H and O–H groups in total. The molecule has 0 aliphatic carbocycles. The van der Waals surface area contributed by atoms with E-state index in [1.807, 2.05) is 0 Å². The van der Waals surface area contributed by atoms with Crippen LogP contribution >= 0.6 is 0 Å². The van der Waals surface area contributed by atoms with Gasteiger partial charge in [0.2, 0.25) is 0 Å². The molecule has 1 fully saturated rings. The van der Waals surface area contributed by atoms with Gasteiger partial charge < -0.3 is 19.3 Å². The van der Waals surface area contributed by atoms with E-state index in [9.17, 15) is 14.7 Å². The van der Waals surface area contributed by atoms with Gasteiger partial charge in [-0.15, -0.1) is 0 Å². The summed E-state index contributed by atoms with van der Waals surface area (Å²) < 4.78 is 16.2. The molecule has 0 bridgehead atoms. The summed E-state index contributed by atoms with van der Waals surface area (Å²) in [7, 11) is 0. The molecule has 1 saturated heterocycles. The summed E-state index contributed by atoms with van der Waals surface area (Å²) in [5.41, 5.74) is 0.722. The molecule has 136 valence electrons. The van der Waals surface area contributed by atoms with Crippen LogP contribution in [0.4, 0.5) is 0 Å². The third-order valence-electron chi connectivity index (χ3n) is 4.20. The highest BCUT2D eigenvalue weighted by molar-refractivity contribution is 5.90. The molecule has 0 amide bonds. The Kier molecular flexibility index (Phi) is 5.65.